The number of hydrogen-bond acceptors (Lipinski definition) is 7. The van der Waals surface area contributed by atoms with Crippen molar-refractivity contribution in [1.29, 1.82) is 0 Å². The van der Waals surface area contributed by atoms with E-state index in [9.17, 15) is 9.18 Å². The van der Waals surface area contributed by atoms with Crippen molar-refractivity contribution in [3.05, 3.63) is 96.1 Å². The number of aromatic nitrogens is 3. The molecule has 4 rings (SSSR count). The maximum atomic E-state index is 13.0. The van der Waals surface area contributed by atoms with Gasteiger partial charge in [0.25, 0.3) is 0 Å². The second-order valence-corrected chi connectivity index (χ2v) is 9.42. The van der Waals surface area contributed by atoms with Crippen molar-refractivity contribution in [2.45, 2.75) is 16.7 Å². The van der Waals surface area contributed by atoms with E-state index in [1.807, 2.05) is 41.9 Å². The highest BCUT2D eigenvalue weighted by Gasteiger charge is 2.12. The monoisotopic (exact) mass is 506 g/mol. The van der Waals surface area contributed by atoms with Crippen molar-refractivity contribution in [2.75, 3.05) is 11.1 Å². The topological polar surface area (TPSA) is 84.5 Å². The Morgan fingerprint density at radius 2 is 1.60 bits per heavy atom. The Balaban J connectivity index is 1.22. The van der Waals surface area contributed by atoms with E-state index in [0.29, 0.717) is 22.3 Å². The van der Waals surface area contributed by atoms with Gasteiger partial charge in [-0.05, 0) is 54.1 Å². The SMILES string of the molecule is Cn1c(CSCc2ccc(F)cc2)nnc1SCC(=O)Nc1ccc(N=Nc2ccccc2)cc1. The van der Waals surface area contributed by atoms with Gasteiger partial charge in [-0.1, -0.05) is 42.1 Å². The maximum absolute atomic E-state index is 13.0. The fourth-order valence-corrected chi connectivity index (χ4v) is 4.68. The van der Waals surface area contributed by atoms with Gasteiger partial charge in [-0.15, -0.1) is 22.0 Å². The zero-order valence-electron chi connectivity index (χ0n) is 19.0. The van der Waals surface area contributed by atoms with E-state index in [4.69, 9.17) is 0 Å². The summed E-state index contributed by atoms with van der Waals surface area (Å²) in [6.45, 7) is 0. The molecule has 0 atom stereocenters. The van der Waals surface area contributed by atoms with Gasteiger partial charge in [0, 0.05) is 18.5 Å². The molecule has 35 heavy (non-hydrogen) atoms. The molecule has 1 amide bonds. The quantitative estimate of drug-likeness (QED) is 0.195. The number of halogens is 1. The van der Waals surface area contributed by atoms with E-state index >= 15 is 0 Å². The lowest BCUT2D eigenvalue weighted by Gasteiger charge is -2.06. The fraction of sp³-hybridized carbons (Fsp3) is 0.160. The van der Waals surface area contributed by atoms with E-state index < -0.39 is 0 Å². The molecule has 0 spiro atoms. The van der Waals surface area contributed by atoms with Gasteiger partial charge in [-0.3, -0.25) is 4.79 Å². The second kappa shape index (κ2) is 12.3. The largest absolute Gasteiger partial charge is 0.325 e. The van der Waals surface area contributed by atoms with Crippen LogP contribution in [0.5, 0.6) is 0 Å². The lowest BCUT2D eigenvalue weighted by molar-refractivity contribution is -0.113. The molecule has 0 fully saturated rings. The third-order valence-corrected chi connectivity index (χ3v) is 6.88. The van der Waals surface area contributed by atoms with Crippen LogP contribution in [0.3, 0.4) is 0 Å². The van der Waals surface area contributed by atoms with Crippen LogP contribution < -0.4 is 5.32 Å². The first-order valence-corrected chi connectivity index (χ1v) is 12.9. The van der Waals surface area contributed by atoms with Gasteiger partial charge in [0.15, 0.2) is 5.16 Å². The number of thioether (sulfide) groups is 2. The molecule has 1 heterocycles. The van der Waals surface area contributed by atoms with Crippen LogP contribution in [0, 0.1) is 5.82 Å². The van der Waals surface area contributed by atoms with Crippen molar-refractivity contribution >= 4 is 46.5 Å². The summed E-state index contributed by atoms with van der Waals surface area (Å²) in [4.78, 5) is 12.4. The molecule has 1 N–H and O–H groups in total. The molecular formula is C25H23FN6OS2. The Kier molecular flexibility index (Phi) is 8.63. The highest BCUT2D eigenvalue weighted by Crippen LogP contribution is 2.22. The van der Waals surface area contributed by atoms with Gasteiger partial charge in [-0.2, -0.15) is 10.2 Å². The van der Waals surface area contributed by atoms with Crippen LogP contribution in [0.2, 0.25) is 0 Å². The molecule has 0 aliphatic carbocycles. The molecule has 10 heteroatoms. The number of amides is 1. The van der Waals surface area contributed by atoms with Gasteiger partial charge in [0.1, 0.15) is 11.6 Å². The van der Waals surface area contributed by atoms with Crippen LogP contribution in [-0.2, 0) is 23.3 Å². The molecule has 0 saturated carbocycles. The van der Waals surface area contributed by atoms with E-state index in [0.717, 1.165) is 22.8 Å². The van der Waals surface area contributed by atoms with E-state index in [-0.39, 0.29) is 17.5 Å². The molecule has 0 saturated heterocycles. The number of nitrogens with zero attached hydrogens (tertiary/aromatic N) is 5. The molecule has 0 aliphatic rings. The van der Waals surface area contributed by atoms with Gasteiger partial charge >= 0.3 is 0 Å². The van der Waals surface area contributed by atoms with Crippen LogP contribution >= 0.6 is 23.5 Å². The first kappa shape index (κ1) is 24.6. The van der Waals surface area contributed by atoms with Crippen LogP contribution in [0.1, 0.15) is 11.4 Å². The lowest BCUT2D eigenvalue weighted by atomic mass is 10.2. The number of carbonyl (C=O) groups is 1. The van der Waals surface area contributed by atoms with Crippen molar-refractivity contribution in [2.24, 2.45) is 17.3 Å². The van der Waals surface area contributed by atoms with Crippen molar-refractivity contribution in [1.82, 2.24) is 14.8 Å². The summed E-state index contributed by atoms with van der Waals surface area (Å²) in [6.07, 6.45) is 0. The minimum absolute atomic E-state index is 0.135. The van der Waals surface area contributed by atoms with Gasteiger partial charge < -0.3 is 9.88 Å². The second-order valence-electron chi connectivity index (χ2n) is 7.50. The molecule has 1 aromatic heterocycles. The zero-order chi connectivity index (χ0) is 24.5. The highest BCUT2D eigenvalue weighted by molar-refractivity contribution is 7.99. The number of rotatable bonds is 10. The number of hydrogen-bond donors (Lipinski definition) is 1. The number of anilines is 1. The smallest absolute Gasteiger partial charge is 0.234 e. The molecule has 4 aromatic rings. The molecule has 0 radical (unpaired) electrons. The van der Waals surface area contributed by atoms with Crippen molar-refractivity contribution in [3.63, 3.8) is 0 Å². The zero-order valence-corrected chi connectivity index (χ0v) is 20.6. The average Bonchev–Trinajstić information content (AvgIpc) is 3.23. The number of carbonyl (C=O) groups excluding carboxylic acids is 1. The Hall–Kier alpha value is -3.50. The molecule has 0 aliphatic heterocycles. The van der Waals surface area contributed by atoms with E-state index in [1.165, 1.54) is 23.9 Å². The molecule has 3 aromatic carbocycles. The summed E-state index contributed by atoms with van der Waals surface area (Å²) >= 11 is 3.00. The van der Waals surface area contributed by atoms with E-state index in [2.05, 4.69) is 25.7 Å². The van der Waals surface area contributed by atoms with Gasteiger partial charge in [0.05, 0.1) is 22.9 Å². The summed E-state index contributed by atoms with van der Waals surface area (Å²) < 4.78 is 14.9. The summed E-state index contributed by atoms with van der Waals surface area (Å²) in [5, 5.41) is 20.4. The van der Waals surface area contributed by atoms with Crippen LogP contribution in [0.4, 0.5) is 21.5 Å². The minimum atomic E-state index is -0.236. The van der Waals surface area contributed by atoms with Crippen LogP contribution in [-0.4, -0.2) is 26.4 Å². The fourth-order valence-electron chi connectivity index (χ4n) is 2.99. The summed E-state index contributed by atoms with van der Waals surface area (Å²) in [5.74, 6) is 2.08. The third kappa shape index (κ3) is 7.49. The third-order valence-electron chi connectivity index (χ3n) is 4.86. The Morgan fingerprint density at radius 1 is 0.914 bits per heavy atom. The Labute approximate surface area is 211 Å². The lowest BCUT2D eigenvalue weighted by Crippen LogP contribution is -2.14. The van der Waals surface area contributed by atoms with Gasteiger partial charge in [0.2, 0.25) is 5.91 Å². The number of benzene rings is 3. The number of azo groups is 1. The number of nitrogens with one attached hydrogen (secondary N) is 1. The first-order chi connectivity index (χ1) is 17.1. The summed E-state index contributed by atoms with van der Waals surface area (Å²) in [6, 6.07) is 23.2. The standard InChI is InChI=1S/C25H23FN6OS2/c1-32-23(16-34-15-18-7-9-19(26)10-8-18)30-31-25(32)35-17-24(33)27-20-11-13-22(14-12-20)29-28-21-5-3-2-4-6-21/h2-14H,15-17H2,1H3,(H,27,33). The van der Waals surface area contributed by atoms with Crippen molar-refractivity contribution in [3.8, 4) is 0 Å². The molecule has 7 nitrogen and oxygen atoms in total. The predicted molar refractivity (Wildman–Crippen MR) is 139 cm³/mol. The molecule has 0 unspecified atom stereocenters. The van der Waals surface area contributed by atoms with Crippen molar-refractivity contribution < 1.29 is 9.18 Å². The predicted octanol–water partition coefficient (Wildman–Crippen LogP) is 6.53. The summed E-state index contributed by atoms with van der Waals surface area (Å²) in [7, 11) is 1.89. The summed E-state index contributed by atoms with van der Waals surface area (Å²) in [5.41, 5.74) is 3.22. The first-order valence-electron chi connectivity index (χ1n) is 10.8. The molecule has 0 bridgehead atoms. The minimum Gasteiger partial charge on any atom is -0.325 e. The maximum Gasteiger partial charge on any atom is 0.234 e. The highest BCUT2D eigenvalue weighted by atomic mass is 32.2. The average molecular weight is 507 g/mol. The van der Waals surface area contributed by atoms with Gasteiger partial charge in [-0.25, -0.2) is 4.39 Å². The Morgan fingerprint density at radius 3 is 2.31 bits per heavy atom. The molecular weight excluding hydrogens is 483 g/mol. The van der Waals surface area contributed by atoms with Crippen LogP contribution in [0.25, 0.3) is 0 Å². The Bertz CT molecular complexity index is 1280. The normalized spacial score (nSPS) is 11.1. The molecule has 178 valence electrons. The van der Waals surface area contributed by atoms with E-state index in [1.54, 1.807) is 48.2 Å². The van der Waals surface area contributed by atoms with Crippen LogP contribution in [0.15, 0.2) is 94.2 Å².